The molecule has 5 rings (SSSR count). The highest BCUT2D eigenvalue weighted by molar-refractivity contribution is 6.31. The monoisotopic (exact) mass is 514 g/mol. The quantitative estimate of drug-likeness (QED) is 0.376. The van der Waals surface area contributed by atoms with Crippen LogP contribution in [-0.2, 0) is 17.8 Å². The fraction of sp³-hybridized carbons (Fsp3) is 0.107. The van der Waals surface area contributed by atoms with Gasteiger partial charge < -0.3 is 10.2 Å². The fourth-order valence-electron chi connectivity index (χ4n) is 4.23. The topological polar surface area (TPSA) is 92.3 Å². The minimum atomic E-state index is -0.925. The van der Waals surface area contributed by atoms with Crippen molar-refractivity contribution in [3.8, 4) is 0 Å². The van der Waals surface area contributed by atoms with Crippen LogP contribution in [0.15, 0.2) is 85.2 Å². The molecule has 0 saturated heterocycles. The number of aromatic nitrogens is 2. The molecule has 2 aromatic carbocycles. The van der Waals surface area contributed by atoms with E-state index in [0.29, 0.717) is 22.0 Å². The van der Waals surface area contributed by atoms with Gasteiger partial charge in [0.2, 0.25) is 11.7 Å². The highest BCUT2D eigenvalue weighted by Crippen LogP contribution is 2.29. The largest absolute Gasteiger partial charge is 0.323 e. The zero-order valence-corrected chi connectivity index (χ0v) is 20.2. The van der Waals surface area contributed by atoms with Gasteiger partial charge in [-0.15, -0.1) is 0 Å². The van der Waals surface area contributed by atoms with Crippen LogP contribution in [0.25, 0.3) is 0 Å². The first-order valence-electron chi connectivity index (χ1n) is 11.5. The van der Waals surface area contributed by atoms with Gasteiger partial charge in [0.1, 0.15) is 17.6 Å². The number of ketones is 1. The van der Waals surface area contributed by atoms with Gasteiger partial charge in [0.05, 0.1) is 16.8 Å². The van der Waals surface area contributed by atoms with Gasteiger partial charge in [-0.25, -0.2) is 4.39 Å². The van der Waals surface area contributed by atoms with Gasteiger partial charge in [-0.1, -0.05) is 29.8 Å². The number of carbonyl (C=O) groups excluding carboxylic acids is 3. The molecule has 1 atom stereocenters. The van der Waals surface area contributed by atoms with E-state index in [1.807, 2.05) is 0 Å². The van der Waals surface area contributed by atoms with Gasteiger partial charge in [-0.05, 0) is 60.2 Å². The van der Waals surface area contributed by atoms with Crippen molar-refractivity contribution in [2.75, 3.05) is 5.32 Å². The van der Waals surface area contributed by atoms with Crippen molar-refractivity contribution in [1.82, 2.24) is 14.9 Å². The van der Waals surface area contributed by atoms with Crippen LogP contribution in [0.2, 0.25) is 5.02 Å². The molecule has 0 radical (unpaired) electrons. The molecule has 0 aliphatic carbocycles. The third kappa shape index (κ3) is 5.10. The second-order valence-electron chi connectivity index (χ2n) is 8.51. The maximum Gasteiger partial charge on any atom is 0.256 e. The van der Waals surface area contributed by atoms with Crippen molar-refractivity contribution < 1.29 is 18.8 Å². The predicted molar refractivity (Wildman–Crippen MR) is 136 cm³/mol. The van der Waals surface area contributed by atoms with E-state index in [1.165, 1.54) is 35.4 Å². The minimum absolute atomic E-state index is 0.0687. The fourth-order valence-corrected chi connectivity index (χ4v) is 4.41. The first-order chi connectivity index (χ1) is 17.9. The van der Waals surface area contributed by atoms with Gasteiger partial charge >= 0.3 is 0 Å². The Labute approximate surface area is 216 Å². The number of halogens is 2. The number of pyridine rings is 2. The Hall–Kier alpha value is -4.43. The number of benzene rings is 2. The second-order valence-corrected chi connectivity index (χ2v) is 8.95. The molecule has 0 unspecified atom stereocenters. The summed E-state index contributed by atoms with van der Waals surface area (Å²) in [5.41, 5.74) is 1.60. The summed E-state index contributed by atoms with van der Waals surface area (Å²) in [4.78, 5) is 49.3. The standard InChI is InChI=1S/C28H20ClFN4O3/c29-18-8-10-21-24(14-18)33-27(36)25(15-19-5-1-3-11-31-19)34(28(21)37)16-17-7-9-20(22(30)13-17)26(35)23-6-2-4-12-32-23/h1-14,25H,15-16H2,(H,33,36)/t25-/m1/s1. The lowest BCUT2D eigenvalue weighted by Gasteiger charge is -2.29. The smallest absolute Gasteiger partial charge is 0.256 e. The average Bonchev–Trinajstić information content (AvgIpc) is 2.99. The summed E-state index contributed by atoms with van der Waals surface area (Å²) in [5.74, 6) is -2.12. The number of carbonyl (C=O) groups is 3. The third-order valence-corrected chi connectivity index (χ3v) is 6.30. The van der Waals surface area contributed by atoms with Crippen molar-refractivity contribution in [2.45, 2.75) is 19.0 Å². The van der Waals surface area contributed by atoms with E-state index in [0.717, 1.165) is 0 Å². The lowest BCUT2D eigenvalue weighted by Crippen LogP contribution is -2.46. The number of hydrogen-bond acceptors (Lipinski definition) is 5. The first-order valence-corrected chi connectivity index (χ1v) is 11.8. The predicted octanol–water partition coefficient (Wildman–Crippen LogP) is 4.71. The Bertz CT molecular complexity index is 1500. The number of amides is 2. The summed E-state index contributed by atoms with van der Waals surface area (Å²) >= 11 is 6.10. The van der Waals surface area contributed by atoms with Crippen LogP contribution in [0.4, 0.5) is 10.1 Å². The second kappa shape index (κ2) is 10.3. The number of hydrogen-bond donors (Lipinski definition) is 1. The molecule has 0 fully saturated rings. The molecule has 37 heavy (non-hydrogen) atoms. The van der Waals surface area contributed by atoms with Crippen LogP contribution in [0.3, 0.4) is 0 Å². The number of fused-ring (bicyclic) bond motifs is 1. The zero-order chi connectivity index (χ0) is 25.9. The van der Waals surface area contributed by atoms with Crippen molar-refractivity contribution >= 4 is 34.9 Å². The average molecular weight is 515 g/mol. The van der Waals surface area contributed by atoms with Gasteiger partial charge in [0.15, 0.2) is 0 Å². The molecule has 2 aromatic heterocycles. The van der Waals surface area contributed by atoms with Crippen LogP contribution < -0.4 is 5.32 Å². The molecule has 0 bridgehead atoms. The van der Waals surface area contributed by atoms with E-state index in [-0.39, 0.29) is 29.8 Å². The highest BCUT2D eigenvalue weighted by Gasteiger charge is 2.36. The summed E-state index contributed by atoms with van der Waals surface area (Å²) in [6.45, 7) is -0.0687. The summed E-state index contributed by atoms with van der Waals surface area (Å²) in [6, 6.07) is 18.0. The Kier molecular flexibility index (Phi) is 6.74. The van der Waals surface area contributed by atoms with Crippen LogP contribution in [-0.4, -0.2) is 38.5 Å². The van der Waals surface area contributed by atoms with Gasteiger partial charge in [0, 0.05) is 36.1 Å². The molecule has 4 aromatic rings. The number of nitrogens with zero attached hydrogens (tertiary/aromatic N) is 3. The lowest BCUT2D eigenvalue weighted by molar-refractivity contribution is -0.120. The summed E-state index contributed by atoms with van der Waals surface area (Å²) in [5, 5.41) is 3.17. The van der Waals surface area contributed by atoms with Gasteiger partial charge in [0.25, 0.3) is 5.91 Å². The SMILES string of the molecule is O=C(c1ccccn1)c1ccc(CN2C(=O)c3ccc(Cl)cc3NC(=O)[C@H]2Cc2ccccn2)cc1F. The minimum Gasteiger partial charge on any atom is -0.323 e. The van der Waals surface area contributed by atoms with E-state index in [9.17, 15) is 14.4 Å². The van der Waals surface area contributed by atoms with Crippen molar-refractivity contribution in [1.29, 1.82) is 0 Å². The van der Waals surface area contributed by atoms with Crippen molar-refractivity contribution in [2.24, 2.45) is 0 Å². The highest BCUT2D eigenvalue weighted by atomic mass is 35.5. The van der Waals surface area contributed by atoms with Gasteiger partial charge in [-0.3, -0.25) is 24.4 Å². The van der Waals surface area contributed by atoms with Gasteiger partial charge in [-0.2, -0.15) is 0 Å². The lowest BCUT2D eigenvalue weighted by atomic mass is 10.0. The molecule has 1 N–H and O–H groups in total. The van der Waals surface area contributed by atoms with E-state index >= 15 is 4.39 Å². The molecule has 1 aliphatic rings. The van der Waals surface area contributed by atoms with Crippen molar-refractivity contribution in [3.05, 3.63) is 124 Å². The maximum atomic E-state index is 15.1. The summed E-state index contributed by atoms with van der Waals surface area (Å²) in [6.07, 6.45) is 3.22. The maximum absolute atomic E-state index is 15.1. The molecule has 7 nitrogen and oxygen atoms in total. The van der Waals surface area contributed by atoms with E-state index < -0.39 is 29.5 Å². The third-order valence-electron chi connectivity index (χ3n) is 6.07. The molecule has 1 aliphatic heterocycles. The summed E-state index contributed by atoms with van der Waals surface area (Å²) < 4.78 is 15.1. The Morgan fingerprint density at radius 3 is 2.46 bits per heavy atom. The number of nitrogens with one attached hydrogen (secondary N) is 1. The first kappa shape index (κ1) is 24.3. The van der Waals surface area contributed by atoms with E-state index in [2.05, 4.69) is 15.3 Å². The molecule has 0 spiro atoms. The Morgan fingerprint density at radius 2 is 1.76 bits per heavy atom. The molecule has 0 saturated carbocycles. The molecule has 2 amide bonds. The van der Waals surface area contributed by atoms with E-state index in [1.54, 1.807) is 54.7 Å². The molecule has 184 valence electrons. The number of anilines is 1. The van der Waals surface area contributed by atoms with Crippen molar-refractivity contribution in [3.63, 3.8) is 0 Å². The zero-order valence-electron chi connectivity index (χ0n) is 19.4. The molecular weight excluding hydrogens is 495 g/mol. The normalized spacial score (nSPS) is 15.1. The Balaban J connectivity index is 1.49. The Morgan fingerprint density at radius 1 is 0.973 bits per heavy atom. The van der Waals surface area contributed by atoms with Crippen LogP contribution in [0, 0.1) is 5.82 Å². The van der Waals surface area contributed by atoms with Crippen LogP contribution in [0.1, 0.15) is 37.7 Å². The number of rotatable bonds is 6. The van der Waals surface area contributed by atoms with E-state index in [4.69, 9.17) is 11.6 Å². The van der Waals surface area contributed by atoms with Crippen LogP contribution >= 0.6 is 11.6 Å². The summed E-state index contributed by atoms with van der Waals surface area (Å²) in [7, 11) is 0. The molecular formula is C28H20ClFN4O3. The molecule has 9 heteroatoms. The van der Waals surface area contributed by atoms with Crippen LogP contribution in [0.5, 0.6) is 0 Å². The molecule has 3 heterocycles.